The Hall–Kier alpha value is -2.19. The maximum absolute atomic E-state index is 13.2. The normalized spacial score (nSPS) is 23.5. The van der Waals surface area contributed by atoms with Gasteiger partial charge in [0, 0.05) is 19.3 Å². The number of hydrogen-bond acceptors (Lipinski definition) is 6. The van der Waals surface area contributed by atoms with E-state index in [1.807, 2.05) is 30.7 Å². The maximum atomic E-state index is 13.2. The second-order valence-corrected chi connectivity index (χ2v) is 9.59. The van der Waals surface area contributed by atoms with Crippen molar-refractivity contribution >= 4 is 11.8 Å². The summed E-state index contributed by atoms with van der Waals surface area (Å²) in [7, 11) is 1.96. The Bertz CT molecular complexity index is 1030. The topological polar surface area (TPSA) is 60.0 Å². The predicted molar refractivity (Wildman–Crippen MR) is 114 cm³/mol. The molecular weight excluding hydrogens is 401 g/mol. The second kappa shape index (κ2) is 7.81. The third-order valence-electron chi connectivity index (χ3n) is 6.56. The van der Waals surface area contributed by atoms with E-state index in [2.05, 4.69) is 20.1 Å². The van der Waals surface area contributed by atoms with Gasteiger partial charge >= 0.3 is 0 Å². The highest BCUT2D eigenvalue weighted by atomic mass is 32.2. The Balaban J connectivity index is 1.09. The zero-order chi connectivity index (χ0) is 20.7. The lowest BCUT2D eigenvalue weighted by atomic mass is 9.98. The molecule has 1 aliphatic carbocycles. The Morgan fingerprint density at radius 3 is 2.87 bits per heavy atom. The highest BCUT2D eigenvalue weighted by molar-refractivity contribution is 7.99. The zero-order valence-corrected chi connectivity index (χ0v) is 18.2. The van der Waals surface area contributed by atoms with Gasteiger partial charge in [-0.1, -0.05) is 23.9 Å². The summed E-state index contributed by atoms with van der Waals surface area (Å²) in [5.74, 6) is 2.86. The van der Waals surface area contributed by atoms with E-state index in [1.165, 1.54) is 37.9 Å². The quantitative estimate of drug-likeness (QED) is 0.414. The van der Waals surface area contributed by atoms with E-state index in [9.17, 15) is 4.39 Å². The smallest absolute Gasteiger partial charge is 0.202 e. The minimum atomic E-state index is -0.148. The van der Waals surface area contributed by atoms with Gasteiger partial charge in [0.1, 0.15) is 5.82 Å². The van der Waals surface area contributed by atoms with Crippen LogP contribution in [0, 0.1) is 18.2 Å². The third-order valence-corrected chi connectivity index (χ3v) is 7.67. The fourth-order valence-electron chi connectivity index (χ4n) is 4.75. The van der Waals surface area contributed by atoms with Crippen molar-refractivity contribution < 1.29 is 8.81 Å². The van der Waals surface area contributed by atoms with E-state index in [0.717, 1.165) is 35.4 Å². The van der Waals surface area contributed by atoms with Crippen molar-refractivity contribution in [2.45, 2.75) is 37.3 Å². The molecule has 2 unspecified atom stereocenters. The lowest BCUT2D eigenvalue weighted by molar-refractivity contribution is 0.319. The van der Waals surface area contributed by atoms with E-state index >= 15 is 0 Å². The van der Waals surface area contributed by atoms with E-state index in [-0.39, 0.29) is 5.82 Å². The number of aryl methyl sites for hydroxylation is 1. The van der Waals surface area contributed by atoms with Crippen LogP contribution >= 0.6 is 11.8 Å². The molecule has 2 atom stereocenters. The molecule has 2 aliphatic rings. The van der Waals surface area contributed by atoms with Crippen LogP contribution in [0.2, 0.25) is 0 Å². The standard InChI is InChI=1S/C22H26FN5OS/c1-15-19(29-14-24-15)20-25-26-21(27(20)2)30-11-3-9-28-10-8-22(13-28)12-18(22)16-4-6-17(23)7-5-16/h4-7,14,18H,3,8-13H2,1-2H3. The number of benzene rings is 1. The number of thioether (sulfide) groups is 1. The second-order valence-electron chi connectivity index (χ2n) is 8.53. The number of aromatic nitrogens is 4. The number of nitrogens with zero attached hydrogens (tertiary/aromatic N) is 5. The lowest BCUT2D eigenvalue weighted by Gasteiger charge is -2.16. The van der Waals surface area contributed by atoms with Gasteiger partial charge in [-0.25, -0.2) is 9.37 Å². The molecule has 1 aliphatic heterocycles. The minimum absolute atomic E-state index is 0.148. The van der Waals surface area contributed by atoms with Crippen molar-refractivity contribution in [2.24, 2.45) is 12.5 Å². The van der Waals surface area contributed by atoms with Crippen LogP contribution in [-0.2, 0) is 7.05 Å². The molecule has 1 saturated carbocycles. The zero-order valence-electron chi connectivity index (χ0n) is 17.3. The van der Waals surface area contributed by atoms with Crippen molar-refractivity contribution in [1.29, 1.82) is 0 Å². The van der Waals surface area contributed by atoms with Crippen LogP contribution in [0.1, 0.15) is 36.4 Å². The van der Waals surface area contributed by atoms with E-state index in [0.29, 0.717) is 17.1 Å². The maximum Gasteiger partial charge on any atom is 0.202 e. The predicted octanol–water partition coefficient (Wildman–Crippen LogP) is 4.28. The SMILES string of the molecule is Cc1ncoc1-c1nnc(SCCCN2CCC3(CC3c3ccc(F)cc3)C2)n1C. The first kappa shape index (κ1) is 19.8. The Labute approximate surface area is 179 Å². The molecule has 8 heteroatoms. The summed E-state index contributed by atoms with van der Waals surface area (Å²) < 4.78 is 20.6. The van der Waals surface area contributed by atoms with Gasteiger partial charge in [-0.05, 0) is 68.3 Å². The highest BCUT2D eigenvalue weighted by Gasteiger charge is 2.57. The molecule has 0 amide bonds. The third kappa shape index (κ3) is 3.67. The highest BCUT2D eigenvalue weighted by Crippen LogP contribution is 2.64. The summed E-state index contributed by atoms with van der Waals surface area (Å²) in [5.41, 5.74) is 2.55. The largest absolute Gasteiger partial charge is 0.440 e. The first-order valence-electron chi connectivity index (χ1n) is 10.5. The average molecular weight is 428 g/mol. The van der Waals surface area contributed by atoms with Gasteiger partial charge in [0.2, 0.25) is 5.82 Å². The van der Waals surface area contributed by atoms with E-state index in [1.54, 1.807) is 23.9 Å². The Kier molecular flexibility index (Phi) is 5.14. The minimum Gasteiger partial charge on any atom is -0.440 e. The first-order valence-corrected chi connectivity index (χ1v) is 11.4. The van der Waals surface area contributed by atoms with Crippen molar-refractivity contribution in [3.8, 4) is 11.6 Å². The number of hydrogen-bond donors (Lipinski definition) is 0. The fourth-order valence-corrected chi connectivity index (χ4v) is 5.58. The number of oxazole rings is 1. The summed E-state index contributed by atoms with van der Waals surface area (Å²) >= 11 is 1.73. The molecule has 6 nitrogen and oxygen atoms in total. The van der Waals surface area contributed by atoms with Crippen LogP contribution in [0.15, 0.2) is 40.2 Å². The summed E-state index contributed by atoms with van der Waals surface area (Å²) in [6.07, 6.45) is 5.05. The van der Waals surface area contributed by atoms with E-state index in [4.69, 9.17) is 4.42 Å². The molecule has 3 aromatic rings. The molecule has 158 valence electrons. The lowest BCUT2D eigenvalue weighted by Crippen LogP contribution is -2.23. The van der Waals surface area contributed by atoms with Crippen LogP contribution in [0.5, 0.6) is 0 Å². The molecule has 1 spiro atoms. The molecular formula is C22H26FN5OS. The van der Waals surface area contributed by atoms with Crippen LogP contribution in [0.3, 0.4) is 0 Å². The molecule has 30 heavy (non-hydrogen) atoms. The number of halogens is 1. The average Bonchev–Trinajstić information content (AvgIpc) is 3.03. The monoisotopic (exact) mass is 427 g/mol. The number of rotatable bonds is 7. The van der Waals surface area contributed by atoms with Gasteiger partial charge in [-0.3, -0.25) is 0 Å². The summed E-state index contributed by atoms with van der Waals surface area (Å²) in [4.78, 5) is 6.72. The van der Waals surface area contributed by atoms with Gasteiger partial charge in [-0.15, -0.1) is 10.2 Å². The summed E-state index contributed by atoms with van der Waals surface area (Å²) in [6.45, 7) is 5.35. The van der Waals surface area contributed by atoms with Crippen molar-refractivity contribution in [1.82, 2.24) is 24.6 Å². The van der Waals surface area contributed by atoms with Crippen molar-refractivity contribution in [3.05, 3.63) is 47.7 Å². The summed E-state index contributed by atoms with van der Waals surface area (Å²) in [6, 6.07) is 7.10. The molecule has 1 aromatic carbocycles. The molecule has 2 aromatic heterocycles. The molecule has 1 saturated heterocycles. The van der Waals surface area contributed by atoms with Crippen LogP contribution < -0.4 is 0 Å². The Morgan fingerprint density at radius 1 is 1.27 bits per heavy atom. The fraction of sp³-hybridized carbons (Fsp3) is 0.500. The molecule has 0 radical (unpaired) electrons. The van der Waals surface area contributed by atoms with Gasteiger partial charge < -0.3 is 13.9 Å². The van der Waals surface area contributed by atoms with Crippen LogP contribution in [0.25, 0.3) is 11.6 Å². The van der Waals surface area contributed by atoms with Crippen molar-refractivity contribution in [2.75, 3.05) is 25.4 Å². The first-order chi connectivity index (χ1) is 14.6. The Morgan fingerprint density at radius 2 is 2.10 bits per heavy atom. The molecule has 3 heterocycles. The van der Waals surface area contributed by atoms with Crippen molar-refractivity contribution in [3.63, 3.8) is 0 Å². The molecule has 0 bridgehead atoms. The molecule has 0 N–H and O–H groups in total. The van der Waals surface area contributed by atoms with Gasteiger partial charge in [-0.2, -0.15) is 0 Å². The van der Waals surface area contributed by atoms with Crippen LogP contribution in [-0.4, -0.2) is 50.0 Å². The van der Waals surface area contributed by atoms with Gasteiger partial charge in [0.15, 0.2) is 17.3 Å². The van der Waals surface area contributed by atoms with Gasteiger partial charge in [0.25, 0.3) is 0 Å². The molecule has 5 rings (SSSR count). The molecule has 2 fully saturated rings. The van der Waals surface area contributed by atoms with Gasteiger partial charge in [0.05, 0.1) is 5.69 Å². The summed E-state index contributed by atoms with van der Waals surface area (Å²) in [5, 5.41) is 9.48. The van der Waals surface area contributed by atoms with Crippen LogP contribution in [0.4, 0.5) is 4.39 Å². The van der Waals surface area contributed by atoms with E-state index < -0.39 is 0 Å². The number of likely N-dealkylation sites (tertiary alicyclic amines) is 1.